The molecule has 4 aromatic rings. The molecule has 8 heteroatoms. The minimum absolute atomic E-state index is 0.123. The smallest absolute Gasteiger partial charge is 0.303 e. The Kier molecular flexibility index (Phi) is 6.04. The average molecular weight is 469 g/mol. The van der Waals surface area contributed by atoms with Crippen molar-refractivity contribution in [2.45, 2.75) is 24.2 Å². The van der Waals surface area contributed by atoms with E-state index in [1.165, 1.54) is 6.26 Å². The van der Waals surface area contributed by atoms with E-state index in [0.717, 1.165) is 33.4 Å². The summed E-state index contributed by atoms with van der Waals surface area (Å²) in [6.45, 7) is 0. The van der Waals surface area contributed by atoms with Crippen molar-refractivity contribution in [3.05, 3.63) is 71.4 Å². The molecule has 0 saturated carbocycles. The highest BCUT2D eigenvalue weighted by atomic mass is 35.5. The highest BCUT2D eigenvalue weighted by molar-refractivity contribution is 7.90. The first-order chi connectivity index (χ1) is 15.2. The van der Waals surface area contributed by atoms with Crippen LogP contribution in [0.1, 0.15) is 18.5 Å². The van der Waals surface area contributed by atoms with E-state index in [2.05, 4.69) is 4.98 Å². The lowest BCUT2D eigenvalue weighted by Crippen LogP contribution is -1.96. The van der Waals surface area contributed by atoms with E-state index in [0.29, 0.717) is 23.6 Å². The summed E-state index contributed by atoms with van der Waals surface area (Å²) in [7, 11) is -3.23. The molecular weight excluding hydrogens is 448 g/mol. The van der Waals surface area contributed by atoms with Gasteiger partial charge in [0, 0.05) is 23.9 Å². The Bertz CT molecular complexity index is 1390. The Hall–Kier alpha value is -3.16. The monoisotopic (exact) mass is 468 g/mol. The summed E-state index contributed by atoms with van der Waals surface area (Å²) in [6, 6.07) is 18.3. The normalized spacial score (nSPS) is 11.7. The number of aromatic amines is 1. The number of hydrogen-bond donors (Lipinski definition) is 2. The number of halogens is 1. The molecule has 0 aliphatic carbocycles. The predicted molar refractivity (Wildman–Crippen MR) is 126 cm³/mol. The van der Waals surface area contributed by atoms with E-state index in [9.17, 15) is 13.2 Å². The number of sulfone groups is 1. The van der Waals surface area contributed by atoms with Crippen LogP contribution in [0.15, 0.2) is 65.6 Å². The highest BCUT2D eigenvalue weighted by Gasteiger charge is 2.12. The lowest BCUT2D eigenvalue weighted by Gasteiger charge is -2.07. The fourth-order valence-electron chi connectivity index (χ4n) is 3.57. The number of aryl methyl sites for hydroxylation is 1. The van der Waals surface area contributed by atoms with Crippen molar-refractivity contribution in [2.24, 2.45) is 0 Å². The van der Waals surface area contributed by atoms with E-state index in [4.69, 9.17) is 21.7 Å². The second kappa shape index (κ2) is 8.76. The van der Waals surface area contributed by atoms with Gasteiger partial charge in [0.2, 0.25) is 0 Å². The first-order valence-electron chi connectivity index (χ1n) is 10.0. The third-order valence-corrected chi connectivity index (χ3v) is 6.64. The van der Waals surface area contributed by atoms with Crippen molar-refractivity contribution >= 4 is 38.4 Å². The molecule has 0 atom stereocenters. The van der Waals surface area contributed by atoms with Crippen molar-refractivity contribution in [3.8, 4) is 22.4 Å². The van der Waals surface area contributed by atoms with Crippen LogP contribution < -0.4 is 0 Å². The van der Waals surface area contributed by atoms with Crippen molar-refractivity contribution in [2.75, 3.05) is 6.26 Å². The van der Waals surface area contributed by atoms with E-state index >= 15 is 0 Å². The molecule has 32 heavy (non-hydrogen) atoms. The van der Waals surface area contributed by atoms with Gasteiger partial charge in [-0.25, -0.2) is 13.4 Å². The highest BCUT2D eigenvalue weighted by Crippen LogP contribution is 2.31. The first-order valence-corrected chi connectivity index (χ1v) is 12.3. The minimum Gasteiger partial charge on any atom is -0.481 e. The van der Waals surface area contributed by atoms with Crippen LogP contribution in [0.25, 0.3) is 33.4 Å². The van der Waals surface area contributed by atoms with Crippen molar-refractivity contribution in [3.63, 3.8) is 0 Å². The number of carbonyl (C=O) groups is 1. The number of carboxylic acids is 1. The van der Waals surface area contributed by atoms with Gasteiger partial charge in [0.1, 0.15) is 0 Å². The number of carboxylic acid groups (broad SMARTS) is 1. The summed E-state index contributed by atoms with van der Waals surface area (Å²) in [5, 5.41) is 9.32. The summed E-state index contributed by atoms with van der Waals surface area (Å²) in [5.74, 6) is -0.806. The average Bonchev–Trinajstić information content (AvgIpc) is 3.14. The maximum Gasteiger partial charge on any atom is 0.303 e. The maximum atomic E-state index is 11.6. The molecule has 2 aromatic heterocycles. The number of benzene rings is 2. The number of nitrogens with one attached hydrogen (secondary N) is 1. The van der Waals surface area contributed by atoms with Crippen LogP contribution in [0.4, 0.5) is 0 Å². The topological polar surface area (TPSA) is 100 Å². The van der Waals surface area contributed by atoms with Gasteiger partial charge >= 0.3 is 5.97 Å². The van der Waals surface area contributed by atoms with Gasteiger partial charge in [0.25, 0.3) is 0 Å². The Morgan fingerprint density at radius 3 is 2.19 bits per heavy atom. The molecule has 0 unspecified atom stereocenters. The fourth-order valence-corrected chi connectivity index (χ4v) is 4.46. The minimum atomic E-state index is -3.23. The van der Waals surface area contributed by atoms with Crippen LogP contribution in [-0.4, -0.2) is 35.7 Å². The van der Waals surface area contributed by atoms with E-state index in [1.807, 2.05) is 36.4 Å². The molecule has 0 aliphatic heterocycles. The molecule has 2 aromatic carbocycles. The van der Waals surface area contributed by atoms with Gasteiger partial charge in [-0.05, 0) is 48.2 Å². The number of H-pyrrole nitrogens is 1. The van der Waals surface area contributed by atoms with Gasteiger partial charge in [0.05, 0.1) is 26.6 Å². The number of aliphatic carboxylic acids is 1. The van der Waals surface area contributed by atoms with Gasteiger partial charge in [-0.2, -0.15) is 0 Å². The summed E-state index contributed by atoms with van der Waals surface area (Å²) in [6.07, 6.45) is 2.49. The number of aromatic nitrogens is 2. The zero-order valence-corrected chi connectivity index (χ0v) is 18.9. The van der Waals surface area contributed by atoms with Gasteiger partial charge in [-0.15, -0.1) is 0 Å². The summed E-state index contributed by atoms with van der Waals surface area (Å²) in [4.78, 5) is 19.0. The van der Waals surface area contributed by atoms with Crippen LogP contribution in [0.3, 0.4) is 0 Å². The number of nitrogens with zero attached hydrogens (tertiary/aromatic N) is 1. The molecular formula is C24H21ClN2O4S. The van der Waals surface area contributed by atoms with E-state index < -0.39 is 15.8 Å². The first kappa shape index (κ1) is 22.0. The summed E-state index contributed by atoms with van der Waals surface area (Å²) < 4.78 is 23.3. The third-order valence-electron chi connectivity index (χ3n) is 5.22. The molecule has 6 nitrogen and oxygen atoms in total. The number of hydrogen-bond acceptors (Lipinski definition) is 4. The van der Waals surface area contributed by atoms with Crippen molar-refractivity contribution in [1.82, 2.24) is 9.97 Å². The van der Waals surface area contributed by atoms with E-state index in [-0.39, 0.29) is 11.3 Å². The Morgan fingerprint density at radius 1 is 1.00 bits per heavy atom. The molecule has 0 aliphatic rings. The predicted octanol–water partition coefficient (Wildman–Crippen LogP) is 5.36. The largest absolute Gasteiger partial charge is 0.481 e. The lowest BCUT2D eigenvalue weighted by atomic mass is 10.0. The maximum absolute atomic E-state index is 11.6. The van der Waals surface area contributed by atoms with Crippen LogP contribution >= 0.6 is 11.6 Å². The Labute approximate surface area is 190 Å². The number of fused-ring (bicyclic) bond motifs is 1. The fraction of sp³-hybridized carbons (Fsp3) is 0.167. The van der Waals surface area contributed by atoms with Crippen molar-refractivity contribution < 1.29 is 18.3 Å². The molecule has 0 saturated heterocycles. The van der Waals surface area contributed by atoms with Crippen LogP contribution in [0.2, 0.25) is 5.02 Å². The molecule has 0 amide bonds. The molecule has 0 fully saturated rings. The van der Waals surface area contributed by atoms with E-state index in [1.54, 1.807) is 24.3 Å². The lowest BCUT2D eigenvalue weighted by molar-refractivity contribution is -0.137. The van der Waals surface area contributed by atoms with Crippen LogP contribution in [-0.2, 0) is 21.1 Å². The summed E-state index contributed by atoms with van der Waals surface area (Å²) >= 11 is 6.49. The zero-order valence-electron chi connectivity index (χ0n) is 17.3. The molecule has 2 heterocycles. The standard InChI is InChI=1S/C24H21ClN2O4S/c1-32(30,31)19-11-9-16(10-12-19)15-5-7-17(8-6-15)24-20(25)14-22-21(27-24)13-18(26-22)3-2-4-23(28)29/h5-14,26H,2-4H2,1H3,(H,28,29). The SMILES string of the molecule is CS(=O)(=O)c1ccc(-c2ccc(-c3nc4cc(CCCC(=O)O)[nH]c4cc3Cl)cc2)cc1. The molecule has 2 N–H and O–H groups in total. The summed E-state index contributed by atoms with van der Waals surface area (Å²) in [5.41, 5.74) is 5.90. The molecule has 164 valence electrons. The molecule has 4 rings (SSSR count). The second-order valence-corrected chi connectivity index (χ2v) is 10.1. The van der Waals surface area contributed by atoms with Gasteiger partial charge in [-0.3, -0.25) is 4.79 Å². The molecule has 0 spiro atoms. The zero-order chi connectivity index (χ0) is 22.9. The Morgan fingerprint density at radius 2 is 1.59 bits per heavy atom. The van der Waals surface area contributed by atoms with Crippen LogP contribution in [0, 0.1) is 0 Å². The van der Waals surface area contributed by atoms with Gasteiger partial charge < -0.3 is 10.1 Å². The molecule has 0 radical (unpaired) electrons. The van der Waals surface area contributed by atoms with Crippen molar-refractivity contribution in [1.29, 1.82) is 0 Å². The third kappa shape index (κ3) is 4.84. The van der Waals surface area contributed by atoms with Gasteiger partial charge in [-0.1, -0.05) is 48.0 Å². The number of rotatable bonds is 7. The Balaban J connectivity index is 1.58. The number of pyridine rings is 1. The second-order valence-electron chi connectivity index (χ2n) is 7.67. The van der Waals surface area contributed by atoms with Gasteiger partial charge in [0.15, 0.2) is 9.84 Å². The quantitative estimate of drug-likeness (QED) is 0.380. The van der Waals surface area contributed by atoms with Crippen LogP contribution in [0.5, 0.6) is 0 Å². The molecule has 0 bridgehead atoms.